The predicted molar refractivity (Wildman–Crippen MR) is 117 cm³/mol. The van der Waals surface area contributed by atoms with Crippen LogP contribution in [0.25, 0.3) is 16.6 Å². The van der Waals surface area contributed by atoms with Crippen molar-refractivity contribution in [3.8, 4) is 16.9 Å². The quantitative estimate of drug-likeness (QED) is 0.537. The second-order valence-corrected chi connectivity index (χ2v) is 7.69. The van der Waals surface area contributed by atoms with E-state index in [1.165, 1.54) is 12.1 Å². The van der Waals surface area contributed by atoms with Crippen LogP contribution in [0.5, 0.6) is 5.75 Å². The number of carbonyl (C=O) groups excluding carboxylic acids is 2. The zero-order chi connectivity index (χ0) is 22.4. The van der Waals surface area contributed by atoms with Crippen LogP contribution in [0.1, 0.15) is 27.6 Å². The summed E-state index contributed by atoms with van der Waals surface area (Å²) in [7, 11) is 0. The van der Waals surface area contributed by atoms with E-state index in [0.29, 0.717) is 22.6 Å². The number of hydrogen-bond acceptors (Lipinski definition) is 4. The van der Waals surface area contributed by atoms with Gasteiger partial charge < -0.3 is 10.5 Å². The summed E-state index contributed by atoms with van der Waals surface area (Å²) in [5.41, 5.74) is 9.13. The number of nitrogens with two attached hydrogens (primary N) is 1. The molecule has 2 aromatic carbocycles. The topological polar surface area (TPSA) is 89.9 Å². The second-order valence-electron chi connectivity index (χ2n) is 7.69. The molecule has 7 nitrogen and oxygen atoms in total. The van der Waals surface area contributed by atoms with Gasteiger partial charge in [-0.05, 0) is 48.9 Å². The van der Waals surface area contributed by atoms with Gasteiger partial charge in [-0.1, -0.05) is 12.1 Å². The van der Waals surface area contributed by atoms with E-state index >= 15 is 0 Å². The van der Waals surface area contributed by atoms with Crippen molar-refractivity contribution in [2.24, 2.45) is 5.73 Å². The van der Waals surface area contributed by atoms with Crippen LogP contribution >= 0.6 is 0 Å². The van der Waals surface area contributed by atoms with E-state index in [9.17, 15) is 14.0 Å². The number of ether oxygens (including phenoxy) is 1. The zero-order valence-corrected chi connectivity index (χ0v) is 17.2. The van der Waals surface area contributed by atoms with Crippen molar-refractivity contribution in [3.05, 3.63) is 83.9 Å². The molecule has 32 heavy (non-hydrogen) atoms. The summed E-state index contributed by atoms with van der Waals surface area (Å²) in [4.78, 5) is 26.5. The minimum absolute atomic E-state index is 0.215. The van der Waals surface area contributed by atoms with Crippen LogP contribution in [0.2, 0.25) is 0 Å². The maximum absolute atomic E-state index is 13.6. The highest BCUT2D eigenvalue weighted by Crippen LogP contribution is 2.36. The molecule has 0 aliphatic carbocycles. The van der Waals surface area contributed by atoms with Crippen molar-refractivity contribution >= 4 is 23.0 Å². The first kappa shape index (κ1) is 19.7. The molecule has 0 spiro atoms. The van der Waals surface area contributed by atoms with E-state index in [-0.39, 0.29) is 18.6 Å². The molecule has 1 aliphatic heterocycles. The lowest BCUT2D eigenvalue weighted by atomic mass is 10.0. The molecule has 0 radical (unpaired) electrons. The third-order valence-electron chi connectivity index (χ3n) is 5.57. The average molecular weight is 430 g/mol. The number of rotatable bonds is 3. The standard InChI is InChI=1S/C24H19FN4O3/c1-14-13-32-22-11-18(25)6-7-20(22)29(14)24(31)17-8-9-28-21(10-17)19(12-27-28)15-2-4-16(5-3-15)23(26)30/h2-12,14H,13H2,1H3,(H2,26,30). The Balaban J connectivity index is 1.55. The smallest absolute Gasteiger partial charge is 0.258 e. The summed E-state index contributed by atoms with van der Waals surface area (Å²) in [6.45, 7) is 2.15. The molecule has 0 saturated heterocycles. The molecule has 1 unspecified atom stereocenters. The fraction of sp³-hybridized carbons (Fsp3) is 0.125. The molecule has 1 aliphatic rings. The Labute approximate surface area is 182 Å². The minimum atomic E-state index is -0.496. The molecule has 3 heterocycles. The van der Waals surface area contributed by atoms with Crippen molar-refractivity contribution in [1.82, 2.24) is 9.61 Å². The predicted octanol–water partition coefficient (Wildman–Crippen LogP) is 3.67. The van der Waals surface area contributed by atoms with E-state index < -0.39 is 11.7 Å². The number of carbonyl (C=O) groups is 2. The van der Waals surface area contributed by atoms with E-state index in [2.05, 4.69) is 5.10 Å². The normalized spacial score (nSPS) is 15.3. The number of pyridine rings is 1. The van der Waals surface area contributed by atoms with E-state index in [4.69, 9.17) is 10.5 Å². The lowest BCUT2D eigenvalue weighted by molar-refractivity contribution is 0.0959. The first-order valence-electron chi connectivity index (χ1n) is 10.1. The van der Waals surface area contributed by atoms with E-state index in [1.54, 1.807) is 64.3 Å². The third-order valence-corrected chi connectivity index (χ3v) is 5.57. The van der Waals surface area contributed by atoms with Gasteiger partial charge in [0, 0.05) is 29.0 Å². The van der Waals surface area contributed by atoms with Crippen molar-refractivity contribution in [2.45, 2.75) is 13.0 Å². The molecule has 4 aromatic rings. The van der Waals surface area contributed by atoms with Gasteiger partial charge in [0.1, 0.15) is 18.2 Å². The highest BCUT2D eigenvalue weighted by Gasteiger charge is 2.31. The Kier molecular flexibility index (Phi) is 4.62. The summed E-state index contributed by atoms with van der Waals surface area (Å²) in [5.74, 6) is -0.785. The summed E-state index contributed by atoms with van der Waals surface area (Å²) in [5, 5.41) is 4.36. The van der Waals surface area contributed by atoms with Gasteiger partial charge in [-0.2, -0.15) is 5.10 Å². The first-order chi connectivity index (χ1) is 15.4. The summed E-state index contributed by atoms with van der Waals surface area (Å²) < 4.78 is 20.9. The highest BCUT2D eigenvalue weighted by atomic mass is 19.1. The van der Waals surface area contributed by atoms with Crippen LogP contribution in [0.3, 0.4) is 0 Å². The molecule has 2 amide bonds. The van der Waals surface area contributed by atoms with E-state index in [0.717, 1.165) is 16.6 Å². The fourth-order valence-corrected chi connectivity index (χ4v) is 3.92. The van der Waals surface area contributed by atoms with Gasteiger partial charge in [0.15, 0.2) is 0 Å². The molecule has 2 aromatic heterocycles. The Bertz CT molecular complexity index is 1360. The first-order valence-corrected chi connectivity index (χ1v) is 10.1. The minimum Gasteiger partial charge on any atom is -0.489 e. The van der Waals surface area contributed by atoms with Crippen molar-refractivity contribution in [2.75, 3.05) is 11.5 Å². The molecular weight excluding hydrogens is 411 g/mol. The number of aromatic nitrogens is 2. The monoisotopic (exact) mass is 430 g/mol. The van der Waals surface area contributed by atoms with Crippen LogP contribution in [0, 0.1) is 5.82 Å². The average Bonchev–Trinajstić information content (AvgIpc) is 3.22. The van der Waals surface area contributed by atoms with Gasteiger partial charge in [0.05, 0.1) is 23.4 Å². The molecule has 160 valence electrons. The van der Waals surface area contributed by atoms with Gasteiger partial charge in [-0.25, -0.2) is 8.91 Å². The molecular formula is C24H19FN4O3. The lowest BCUT2D eigenvalue weighted by Crippen LogP contribution is -2.45. The Morgan fingerprint density at radius 1 is 1.09 bits per heavy atom. The molecule has 0 bridgehead atoms. The van der Waals surface area contributed by atoms with Gasteiger partial charge in [0.25, 0.3) is 5.91 Å². The number of primary amides is 1. The summed E-state index contributed by atoms with van der Waals surface area (Å²) >= 11 is 0. The van der Waals surface area contributed by atoms with Gasteiger partial charge in [0.2, 0.25) is 5.91 Å². The van der Waals surface area contributed by atoms with Crippen molar-refractivity contribution < 1.29 is 18.7 Å². The van der Waals surface area contributed by atoms with E-state index in [1.807, 2.05) is 6.92 Å². The van der Waals surface area contributed by atoms with Crippen LogP contribution < -0.4 is 15.4 Å². The molecule has 0 saturated carbocycles. The van der Waals surface area contributed by atoms with Gasteiger partial charge in [-0.3, -0.25) is 14.5 Å². The molecule has 8 heteroatoms. The molecule has 2 N–H and O–H groups in total. The highest BCUT2D eigenvalue weighted by molar-refractivity contribution is 6.08. The van der Waals surface area contributed by atoms with Crippen molar-refractivity contribution in [1.29, 1.82) is 0 Å². The number of amides is 2. The largest absolute Gasteiger partial charge is 0.489 e. The number of benzene rings is 2. The maximum Gasteiger partial charge on any atom is 0.258 e. The Hall–Kier alpha value is -4.20. The maximum atomic E-state index is 13.6. The molecule has 5 rings (SSSR count). The summed E-state index contributed by atoms with van der Waals surface area (Å²) in [6, 6.07) is 14.3. The van der Waals surface area contributed by atoms with Gasteiger partial charge >= 0.3 is 0 Å². The Morgan fingerprint density at radius 3 is 2.62 bits per heavy atom. The SMILES string of the molecule is CC1COc2cc(F)ccc2N1C(=O)c1ccn2ncc(-c3ccc(C(N)=O)cc3)c2c1. The van der Waals surface area contributed by atoms with Crippen LogP contribution in [0.15, 0.2) is 67.0 Å². The number of hydrogen-bond donors (Lipinski definition) is 1. The Morgan fingerprint density at radius 2 is 1.88 bits per heavy atom. The van der Waals surface area contributed by atoms with Crippen molar-refractivity contribution in [3.63, 3.8) is 0 Å². The summed E-state index contributed by atoms with van der Waals surface area (Å²) in [6.07, 6.45) is 3.43. The number of nitrogens with zero attached hydrogens (tertiary/aromatic N) is 3. The van der Waals surface area contributed by atoms with Crippen LogP contribution in [0.4, 0.5) is 10.1 Å². The fourth-order valence-electron chi connectivity index (χ4n) is 3.92. The third kappa shape index (κ3) is 3.26. The second kappa shape index (κ2) is 7.49. The van der Waals surface area contributed by atoms with Crippen LogP contribution in [-0.4, -0.2) is 34.1 Å². The lowest BCUT2D eigenvalue weighted by Gasteiger charge is -2.35. The van der Waals surface area contributed by atoms with Crippen LogP contribution in [-0.2, 0) is 0 Å². The van der Waals surface area contributed by atoms with Gasteiger partial charge in [-0.15, -0.1) is 0 Å². The number of anilines is 1. The number of halogens is 1. The number of fused-ring (bicyclic) bond motifs is 2. The zero-order valence-electron chi connectivity index (χ0n) is 17.2. The molecule has 1 atom stereocenters. The molecule has 0 fully saturated rings.